The van der Waals surface area contributed by atoms with Gasteiger partial charge in [0.2, 0.25) is 0 Å². The average molecular weight is 341 g/mol. The Balaban J connectivity index is 1.45. The summed E-state index contributed by atoms with van der Waals surface area (Å²) in [7, 11) is 0. The van der Waals surface area contributed by atoms with E-state index in [1.165, 1.54) is 4.88 Å². The lowest BCUT2D eigenvalue weighted by Gasteiger charge is -2.14. The number of benzene rings is 1. The molecule has 124 valence electrons. The van der Waals surface area contributed by atoms with E-state index in [1.807, 2.05) is 48.5 Å². The van der Waals surface area contributed by atoms with Gasteiger partial charge in [-0.1, -0.05) is 18.2 Å². The van der Waals surface area contributed by atoms with Crippen LogP contribution in [-0.4, -0.2) is 18.6 Å². The van der Waals surface area contributed by atoms with E-state index in [1.54, 1.807) is 24.5 Å². The molecule has 2 aromatic heterocycles. The van der Waals surface area contributed by atoms with E-state index in [2.05, 4.69) is 11.4 Å². The molecule has 1 amide bonds. The van der Waals surface area contributed by atoms with Crippen molar-refractivity contribution in [3.63, 3.8) is 0 Å². The molecular weight excluding hydrogens is 322 g/mol. The summed E-state index contributed by atoms with van der Waals surface area (Å²) in [5.41, 5.74) is 0. The topological polar surface area (TPSA) is 51.5 Å². The van der Waals surface area contributed by atoms with Crippen molar-refractivity contribution >= 4 is 17.2 Å². The maximum Gasteiger partial charge on any atom is 0.260 e. The molecule has 0 aliphatic heterocycles. The van der Waals surface area contributed by atoms with E-state index in [0.29, 0.717) is 12.3 Å². The molecule has 0 radical (unpaired) electrons. The van der Waals surface area contributed by atoms with E-state index in [4.69, 9.17) is 9.15 Å². The van der Waals surface area contributed by atoms with Crippen LogP contribution in [0.15, 0.2) is 65.3 Å². The molecule has 3 aromatic rings. The van der Waals surface area contributed by atoms with Crippen LogP contribution < -0.4 is 10.1 Å². The Labute approximate surface area is 145 Å². The summed E-state index contributed by atoms with van der Waals surface area (Å²) in [4.78, 5) is 14.4. The van der Waals surface area contributed by atoms with E-state index in [0.717, 1.165) is 17.1 Å². The maximum absolute atomic E-state index is 12.1. The van der Waals surface area contributed by atoms with Crippen LogP contribution in [0, 0.1) is 0 Å². The molecule has 1 N–H and O–H groups in total. The van der Waals surface area contributed by atoms with Crippen molar-refractivity contribution in [3.05, 3.63) is 65.7 Å². The lowest BCUT2D eigenvalue weighted by atomic mass is 10.3. The van der Waals surface area contributed by atoms with Gasteiger partial charge in [-0.15, -0.1) is 11.3 Å². The third-order valence-electron chi connectivity index (χ3n) is 3.52. The van der Waals surface area contributed by atoms with E-state index in [-0.39, 0.29) is 5.91 Å². The highest BCUT2D eigenvalue weighted by Gasteiger charge is 2.14. The monoisotopic (exact) mass is 341 g/mol. The van der Waals surface area contributed by atoms with Crippen LogP contribution in [-0.2, 0) is 11.2 Å². The highest BCUT2D eigenvalue weighted by Crippen LogP contribution is 2.28. The molecular formula is C19H19NO3S. The number of thiophene rings is 1. The minimum atomic E-state index is -0.519. The van der Waals surface area contributed by atoms with Crippen molar-refractivity contribution in [2.75, 3.05) is 6.54 Å². The molecule has 3 rings (SSSR count). The van der Waals surface area contributed by atoms with Gasteiger partial charge in [-0.25, -0.2) is 0 Å². The fraction of sp³-hybridized carbons (Fsp3) is 0.211. The molecule has 2 heterocycles. The first-order valence-corrected chi connectivity index (χ1v) is 8.66. The number of carbonyl (C=O) groups excluding carboxylic acids is 1. The number of amides is 1. The fourth-order valence-electron chi connectivity index (χ4n) is 2.27. The largest absolute Gasteiger partial charge is 0.481 e. The zero-order chi connectivity index (χ0) is 16.8. The second kappa shape index (κ2) is 7.84. The van der Waals surface area contributed by atoms with Crippen molar-refractivity contribution in [2.24, 2.45) is 0 Å². The number of carbonyl (C=O) groups is 1. The molecule has 0 saturated carbocycles. The van der Waals surface area contributed by atoms with E-state index in [9.17, 15) is 4.79 Å². The highest BCUT2D eigenvalue weighted by atomic mass is 32.1. The molecule has 0 bridgehead atoms. The fourth-order valence-corrected chi connectivity index (χ4v) is 3.25. The summed E-state index contributed by atoms with van der Waals surface area (Å²) in [6.45, 7) is 2.34. The Bertz CT molecular complexity index is 765. The molecule has 0 fully saturated rings. The predicted molar refractivity (Wildman–Crippen MR) is 95.3 cm³/mol. The quantitative estimate of drug-likeness (QED) is 0.703. The van der Waals surface area contributed by atoms with Gasteiger partial charge < -0.3 is 14.5 Å². The third-order valence-corrected chi connectivity index (χ3v) is 4.68. The first-order valence-electron chi connectivity index (χ1n) is 7.84. The van der Waals surface area contributed by atoms with Crippen LogP contribution in [0.4, 0.5) is 0 Å². The van der Waals surface area contributed by atoms with E-state index >= 15 is 0 Å². The number of ether oxygens (including phenoxy) is 1. The van der Waals surface area contributed by atoms with Crippen molar-refractivity contribution in [2.45, 2.75) is 19.4 Å². The molecule has 0 spiro atoms. The Hall–Kier alpha value is -2.53. The molecule has 0 saturated heterocycles. The van der Waals surface area contributed by atoms with Gasteiger partial charge in [0.15, 0.2) is 6.10 Å². The zero-order valence-electron chi connectivity index (χ0n) is 13.4. The third kappa shape index (κ3) is 4.26. The number of para-hydroxylation sites is 1. The average Bonchev–Trinajstić information content (AvgIpc) is 3.27. The smallest absolute Gasteiger partial charge is 0.260 e. The second-order valence-electron chi connectivity index (χ2n) is 5.36. The van der Waals surface area contributed by atoms with Gasteiger partial charge in [0.1, 0.15) is 11.5 Å². The SMILES string of the molecule is CC(Oc1ccccc1)C(=O)NCCc1ccc(-c2ccco2)s1. The Morgan fingerprint density at radius 3 is 2.75 bits per heavy atom. The standard InChI is InChI=1S/C19H19NO3S/c1-14(23-15-6-3-2-4-7-15)19(21)20-12-11-16-9-10-18(24-16)17-8-5-13-22-17/h2-10,13-14H,11-12H2,1H3,(H,20,21). The predicted octanol–water partition coefficient (Wildman–Crippen LogP) is 4.13. The molecule has 5 heteroatoms. The molecule has 1 aromatic carbocycles. The first kappa shape index (κ1) is 16.3. The number of rotatable bonds is 7. The summed E-state index contributed by atoms with van der Waals surface area (Å²) < 4.78 is 11.0. The molecule has 1 atom stereocenters. The van der Waals surface area contributed by atoms with Crippen molar-refractivity contribution in [1.29, 1.82) is 0 Å². The van der Waals surface area contributed by atoms with Gasteiger partial charge in [0.05, 0.1) is 11.1 Å². The van der Waals surface area contributed by atoms with Gasteiger partial charge in [0.25, 0.3) is 5.91 Å². The number of hydrogen-bond donors (Lipinski definition) is 1. The Kier molecular flexibility index (Phi) is 5.33. The van der Waals surface area contributed by atoms with Crippen LogP contribution in [0.3, 0.4) is 0 Å². The Morgan fingerprint density at radius 2 is 2.00 bits per heavy atom. The van der Waals surface area contributed by atoms with Gasteiger partial charge in [-0.2, -0.15) is 0 Å². The minimum absolute atomic E-state index is 0.110. The molecule has 0 aliphatic carbocycles. The first-order chi connectivity index (χ1) is 11.7. The lowest BCUT2D eigenvalue weighted by molar-refractivity contribution is -0.127. The van der Waals surface area contributed by atoms with Crippen LogP contribution in [0.1, 0.15) is 11.8 Å². The second-order valence-corrected chi connectivity index (χ2v) is 6.53. The summed E-state index contributed by atoms with van der Waals surface area (Å²) in [6.07, 6.45) is 1.94. The summed E-state index contributed by atoms with van der Waals surface area (Å²) >= 11 is 1.68. The van der Waals surface area contributed by atoms with Crippen LogP contribution in [0.5, 0.6) is 5.75 Å². The minimum Gasteiger partial charge on any atom is -0.481 e. The molecule has 0 aliphatic rings. The van der Waals surface area contributed by atoms with Crippen LogP contribution >= 0.6 is 11.3 Å². The molecule has 24 heavy (non-hydrogen) atoms. The number of nitrogens with one attached hydrogen (secondary N) is 1. The summed E-state index contributed by atoms with van der Waals surface area (Å²) in [5, 5.41) is 2.91. The van der Waals surface area contributed by atoms with Gasteiger partial charge >= 0.3 is 0 Å². The molecule has 1 unspecified atom stereocenters. The summed E-state index contributed by atoms with van der Waals surface area (Å²) in [6, 6.07) is 17.3. The lowest BCUT2D eigenvalue weighted by Crippen LogP contribution is -2.37. The van der Waals surface area contributed by atoms with Crippen molar-refractivity contribution < 1.29 is 13.9 Å². The summed E-state index contributed by atoms with van der Waals surface area (Å²) in [5.74, 6) is 1.46. The number of hydrogen-bond acceptors (Lipinski definition) is 4. The maximum atomic E-state index is 12.1. The van der Waals surface area contributed by atoms with Crippen LogP contribution in [0.25, 0.3) is 10.6 Å². The molecule has 4 nitrogen and oxygen atoms in total. The number of furan rings is 1. The Morgan fingerprint density at radius 1 is 1.17 bits per heavy atom. The highest BCUT2D eigenvalue weighted by molar-refractivity contribution is 7.15. The van der Waals surface area contributed by atoms with Crippen molar-refractivity contribution in [1.82, 2.24) is 5.32 Å². The van der Waals surface area contributed by atoms with Gasteiger partial charge in [0, 0.05) is 11.4 Å². The van der Waals surface area contributed by atoms with Gasteiger partial charge in [-0.05, 0) is 49.7 Å². The zero-order valence-corrected chi connectivity index (χ0v) is 14.2. The van der Waals surface area contributed by atoms with Crippen LogP contribution in [0.2, 0.25) is 0 Å². The van der Waals surface area contributed by atoms with Crippen molar-refractivity contribution in [3.8, 4) is 16.4 Å². The van der Waals surface area contributed by atoms with E-state index < -0.39 is 6.10 Å². The normalized spacial score (nSPS) is 11.9. The van der Waals surface area contributed by atoms with Gasteiger partial charge in [-0.3, -0.25) is 4.79 Å².